The second kappa shape index (κ2) is 9.73. The zero-order chi connectivity index (χ0) is 29.0. The molecule has 42 heavy (non-hydrogen) atoms. The highest BCUT2D eigenvalue weighted by atomic mass is 16.5. The molecule has 1 fully saturated rings. The molecule has 4 atom stereocenters. The van der Waals surface area contributed by atoms with Crippen LogP contribution in [0.5, 0.6) is 11.5 Å². The number of ketones is 2. The fourth-order valence-corrected chi connectivity index (χ4v) is 7.02. The lowest BCUT2D eigenvalue weighted by molar-refractivity contribution is -0.121. The fourth-order valence-electron chi connectivity index (χ4n) is 7.02. The molecular weight excluding hydrogens is 528 g/mol. The van der Waals surface area contributed by atoms with E-state index < -0.39 is 23.4 Å². The predicted molar refractivity (Wildman–Crippen MR) is 160 cm³/mol. The Bertz CT molecular complexity index is 1800. The summed E-state index contributed by atoms with van der Waals surface area (Å²) in [5, 5.41) is 3.06. The zero-order valence-corrected chi connectivity index (χ0v) is 23.1. The molecule has 4 aromatic rings. The molecule has 1 amide bonds. The van der Waals surface area contributed by atoms with Crippen molar-refractivity contribution in [3.05, 3.63) is 125 Å². The van der Waals surface area contributed by atoms with Crippen LogP contribution in [-0.2, 0) is 10.2 Å². The monoisotopic (exact) mass is 556 g/mol. The molecular formula is C35H28N2O5. The van der Waals surface area contributed by atoms with Crippen molar-refractivity contribution in [1.29, 1.82) is 0 Å². The quantitative estimate of drug-likeness (QED) is 0.313. The van der Waals surface area contributed by atoms with Gasteiger partial charge in [0.1, 0.15) is 23.0 Å². The van der Waals surface area contributed by atoms with Crippen LogP contribution in [0.3, 0.4) is 0 Å². The summed E-state index contributed by atoms with van der Waals surface area (Å²) >= 11 is 0. The minimum absolute atomic E-state index is 0.265. The Labute approximate surface area is 243 Å². The maximum Gasteiger partial charge on any atom is 0.238 e. The number of amides is 1. The maximum atomic E-state index is 14.9. The number of hydrogen-bond donors (Lipinski definition) is 1. The van der Waals surface area contributed by atoms with Gasteiger partial charge in [-0.25, -0.2) is 0 Å². The summed E-state index contributed by atoms with van der Waals surface area (Å²) in [5.74, 6) is -0.884. The summed E-state index contributed by atoms with van der Waals surface area (Å²) < 4.78 is 10.9. The number of benzene rings is 4. The van der Waals surface area contributed by atoms with E-state index in [1.165, 1.54) is 0 Å². The molecule has 0 bridgehead atoms. The number of carbonyl (C=O) groups is 3. The van der Waals surface area contributed by atoms with Crippen LogP contribution >= 0.6 is 0 Å². The summed E-state index contributed by atoms with van der Waals surface area (Å²) in [5.41, 5.74) is 2.45. The van der Waals surface area contributed by atoms with Gasteiger partial charge in [-0.2, -0.15) is 0 Å². The Kier molecular flexibility index (Phi) is 5.97. The average molecular weight is 557 g/mol. The molecule has 0 unspecified atom stereocenters. The summed E-state index contributed by atoms with van der Waals surface area (Å²) in [6.45, 7) is 0. The summed E-state index contributed by atoms with van der Waals surface area (Å²) in [6.07, 6.45) is 3.95. The Hall–Kier alpha value is -5.17. The topological polar surface area (TPSA) is 84.9 Å². The first-order valence-corrected chi connectivity index (χ1v) is 13.8. The van der Waals surface area contributed by atoms with Crippen LogP contribution < -0.4 is 19.7 Å². The van der Waals surface area contributed by atoms with Gasteiger partial charge in [0, 0.05) is 22.5 Å². The van der Waals surface area contributed by atoms with E-state index in [2.05, 4.69) is 5.32 Å². The van der Waals surface area contributed by atoms with Gasteiger partial charge in [0.2, 0.25) is 5.91 Å². The molecule has 7 heteroatoms. The molecule has 0 aliphatic carbocycles. The van der Waals surface area contributed by atoms with Crippen molar-refractivity contribution in [2.75, 3.05) is 24.4 Å². The molecule has 0 radical (unpaired) electrons. The number of fused-ring (bicyclic) bond motifs is 6. The van der Waals surface area contributed by atoms with E-state index in [4.69, 9.17) is 9.47 Å². The standard InChI is InChI=1S/C35H28N2O5/c1-41-24-12-7-10-22(19-24)32(38)30-31(33(39)23-11-8-13-25(20-23)42-2)37-28-16-6-3-9-21(28)17-18-29(37)35(30)26-14-4-5-15-27(26)36-34(35)40/h3-20,29-31H,1-2H3,(H,36,40)/t29-,30+,31-,35+/m1/s1. The van der Waals surface area contributed by atoms with Gasteiger partial charge in [-0.05, 0) is 47.5 Å². The van der Waals surface area contributed by atoms with E-state index >= 15 is 0 Å². The Morgan fingerprint density at radius 2 is 1.43 bits per heavy atom. The third-order valence-corrected chi connectivity index (χ3v) is 8.80. The van der Waals surface area contributed by atoms with Gasteiger partial charge in [0.15, 0.2) is 11.6 Å². The van der Waals surface area contributed by atoms with E-state index in [-0.39, 0.29) is 17.5 Å². The number of para-hydroxylation sites is 2. The Morgan fingerprint density at radius 3 is 2.14 bits per heavy atom. The number of hydrogen-bond acceptors (Lipinski definition) is 6. The van der Waals surface area contributed by atoms with Crippen LogP contribution in [0, 0.1) is 5.92 Å². The number of rotatable bonds is 6. The van der Waals surface area contributed by atoms with Gasteiger partial charge < -0.3 is 19.7 Å². The second-order valence-electron chi connectivity index (χ2n) is 10.8. The number of methoxy groups -OCH3 is 2. The highest BCUT2D eigenvalue weighted by Crippen LogP contribution is 2.58. The van der Waals surface area contributed by atoms with Crippen LogP contribution in [0.2, 0.25) is 0 Å². The van der Waals surface area contributed by atoms with Crippen molar-refractivity contribution < 1.29 is 23.9 Å². The fraction of sp³-hybridized carbons (Fsp3) is 0.171. The first kappa shape index (κ1) is 25.8. The summed E-state index contributed by atoms with van der Waals surface area (Å²) in [7, 11) is 3.09. The number of nitrogens with zero attached hydrogens (tertiary/aromatic N) is 1. The van der Waals surface area contributed by atoms with Crippen LogP contribution in [0.4, 0.5) is 11.4 Å². The summed E-state index contributed by atoms with van der Waals surface area (Å²) in [4.78, 5) is 46.1. The minimum atomic E-state index is -1.38. The molecule has 7 nitrogen and oxygen atoms in total. The Morgan fingerprint density at radius 1 is 0.786 bits per heavy atom. The highest BCUT2D eigenvalue weighted by Gasteiger charge is 2.70. The molecule has 0 aromatic heterocycles. The largest absolute Gasteiger partial charge is 0.497 e. The Balaban J connectivity index is 1.53. The molecule has 3 aliphatic rings. The SMILES string of the molecule is COc1cccc(C(=O)[C@@H]2[C@H](C(=O)c3cccc(OC)c3)N3c4ccccc4C=C[C@@H]3[C@]23C(=O)Nc2ccccc23)c1. The molecule has 7 rings (SSSR count). The molecule has 208 valence electrons. The van der Waals surface area contributed by atoms with Crippen molar-refractivity contribution in [1.82, 2.24) is 0 Å². The van der Waals surface area contributed by atoms with Gasteiger partial charge >= 0.3 is 0 Å². The van der Waals surface area contributed by atoms with Gasteiger partial charge in [0.25, 0.3) is 0 Å². The third kappa shape index (κ3) is 3.56. The third-order valence-electron chi connectivity index (χ3n) is 8.80. The minimum Gasteiger partial charge on any atom is -0.497 e. The molecule has 4 aromatic carbocycles. The van der Waals surface area contributed by atoms with E-state index in [9.17, 15) is 14.4 Å². The van der Waals surface area contributed by atoms with Gasteiger partial charge in [-0.15, -0.1) is 0 Å². The molecule has 1 spiro atoms. The maximum absolute atomic E-state index is 14.9. The highest BCUT2D eigenvalue weighted by molar-refractivity contribution is 6.18. The molecule has 1 N–H and O–H groups in total. The molecule has 0 saturated carbocycles. The van der Waals surface area contributed by atoms with Crippen LogP contribution in [0.1, 0.15) is 31.8 Å². The van der Waals surface area contributed by atoms with Crippen LogP contribution in [-0.4, -0.2) is 43.8 Å². The first-order valence-electron chi connectivity index (χ1n) is 13.8. The summed E-state index contributed by atoms with van der Waals surface area (Å²) in [6, 6.07) is 27.5. The lowest BCUT2D eigenvalue weighted by Gasteiger charge is -2.37. The van der Waals surface area contributed by atoms with E-state index in [0.717, 1.165) is 11.3 Å². The lowest BCUT2D eigenvalue weighted by Crippen LogP contribution is -2.51. The van der Waals surface area contributed by atoms with Crippen molar-refractivity contribution in [3.8, 4) is 11.5 Å². The zero-order valence-electron chi connectivity index (χ0n) is 23.1. The van der Waals surface area contributed by atoms with Crippen molar-refractivity contribution in [2.24, 2.45) is 5.92 Å². The normalized spacial score (nSPS) is 23.1. The second-order valence-corrected chi connectivity index (χ2v) is 10.8. The molecule has 1 saturated heterocycles. The van der Waals surface area contributed by atoms with E-state index in [1.54, 1.807) is 62.8 Å². The van der Waals surface area contributed by atoms with Crippen LogP contribution in [0.25, 0.3) is 6.08 Å². The van der Waals surface area contributed by atoms with Crippen molar-refractivity contribution >= 4 is 34.9 Å². The number of ether oxygens (including phenoxy) is 2. The smallest absolute Gasteiger partial charge is 0.238 e. The van der Waals surface area contributed by atoms with Gasteiger partial charge in [-0.3, -0.25) is 14.4 Å². The number of carbonyl (C=O) groups excluding carboxylic acids is 3. The van der Waals surface area contributed by atoms with Crippen molar-refractivity contribution in [2.45, 2.75) is 17.5 Å². The average Bonchev–Trinajstić information content (AvgIpc) is 3.52. The van der Waals surface area contributed by atoms with E-state index in [0.29, 0.717) is 33.9 Å². The van der Waals surface area contributed by atoms with Gasteiger partial charge in [-0.1, -0.05) is 72.8 Å². The molecule has 3 heterocycles. The molecule has 3 aliphatic heterocycles. The van der Waals surface area contributed by atoms with Crippen LogP contribution in [0.15, 0.2) is 103 Å². The number of anilines is 2. The van der Waals surface area contributed by atoms with Crippen molar-refractivity contribution in [3.63, 3.8) is 0 Å². The first-order chi connectivity index (χ1) is 20.5. The van der Waals surface area contributed by atoms with E-state index in [1.807, 2.05) is 65.6 Å². The lowest BCUT2D eigenvalue weighted by atomic mass is 9.64. The van der Waals surface area contributed by atoms with Gasteiger partial charge in [0.05, 0.1) is 26.2 Å². The predicted octanol–water partition coefficient (Wildman–Crippen LogP) is 5.56. The number of nitrogens with one attached hydrogen (secondary N) is 1. The number of Topliss-reactive ketones (excluding diaryl/α,β-unsaturated/α-hetero) is 2.